The Bertz CT molecular complexity index is 1230. The van der Waals surface area contributed by atoms with Crippen LogP contribution in [0.4, 0.5) is 16.5 Å². The maximum absolute atomic E-state index is 12.5. The van der Waals surface area contributed by atoms with Gasteiger partial charge in [-0.15, -0.1) is 11.3 Å². The van der Waals surface area contributed by atoms with Gasteiger partial charge in [-0.2, -0.15) is 0 Å². The van der Waals surface area contributed by atoms with Crippen LogP contribution < -0.4 is 10.6 Å². The van der Waals surface area contributed by atoms with E-state index < -0.39 is 0 Å². The van der Waals surface area contributed by atoms with Crippen molar-refractivity contribution in [1.82, 2.24) is 9.97 Å². The lowest BCUT2D eigenvalue weighted by atomic mass is 10.1. The monoisotopic (exact) mass is 418 g/mol. The van der Waals surface area contributed by atoms with E-state index in [9.17, 15) is 9.90 Å². The number of aromatic hydroxyl groups is 1. The van der Waals surface area contributed by atoms with E-state index in [1.807, 2.05) is 51.1 Å². The number of aromatic nitrogens is 2. The molecular formula is C23H22N4O2S. The number of fused-ring (bicyclic) bond motifs is 1. The van der Waals surface area contributed by atoms with Crippen LogP contribution in [0.25, 0.3) is 10.9 Å². The molecule has 7 heteroatoms. The van der Waals surface area contributed by atoms with Gasteiger partial charge in [0.1, 0.15) is 5.75 Å². The van der Waals surface area contributed by atoms with E-state index in [1.54, 1.807) is 18.3 Å². The fourth-order valence-electron chi connectivity index (χ4n) is 3.18. The molecule has 0 aliphatic heterocycles. The second-order valence-electron chi connectivity index (χ2n) is 7.22. The first kappa shape index (κ1) is 19.8. The van der Waals surface area contributed by atoms with Crippen LogP contribution in [0.15, 0.2) is 48.7 Å². The zero-order valence-electron chi connectivity index (χ0n) is 17.0. The largest absolute Gasteiger partial charge is 0.508 e. The van der Waals surface area contributed by atoms with Gasteiger partial charge in [0.05, 0.1) is 17.6 Å². The molecule has 2 aromatic heterocycles. The first-order valence-corrected chi connectivity index (χ1v) is 10.4. The number of nitrogens with one attached hydrogen (secondary N) is 2. The minimum absolute atomic E-state index is 0.106. The van der Waals surface area contributed by atoms with E-state index in [0.29, 0.717) is 5.13 Å². The second kappa shape index (κ2) is 8.12. The van der Waals surface area contributed by atoms with Crippen molar-refractivity contribution in [2.24, 2.45) is 0 Å². The fourth-order valence-corrected chi connectivity index (χ4v) is 4.01. The van der Waals surface area contributed by atoms with Crippen LogP contribution in [0.3, 0.4) is 0 Å². The van der Waals surface area contributed by atoms with Crippen LogP contribution in [0, 0.1) is 20.8 Å². The zero-order valence-corrected chi connectivity index (χ0v) is 17.8. The number of carbonyl (C=O) groups excluding carboxylic acids is 1. The third kappa shape index (κ3) is 4.26. The molecule has 0 spiro atoms. The van der Waals surface area contributed by atoms with E-state index >= 15 is 0 Å². The molecule has 4 aromatic rings. The quantitative estimate of drug-likeness (QED) is 0.412. The third-order valence-corrected chi connectivity index (χ3v) is 5.92. The summed E-state index contributed by atoms with van der Waals surface area (Å²) < 4.78 is 0. The number of aryl methyl sites for hydroxylation is 3. The highest BCUT2D eigenvalue weighted by Gasteiger charge is 2.11. The number of anilines is 3. The lowest BCUT2D eigenvalue weighted by Crippen LogP contribution is -2.14. The third-order valence-electron chi connectivity index (χ3n) is 4.94. The van der Waals surface area contributed by atoms with Gasteiger partial charge in [-0.05, 0) is 56.2 Å². The molecular weight excluding hydrogens is 396 g/mol. The number of pyridine rings is 1. The molecule has 0 atom stereocenters. The number of benzene rings is 2. The summed E-state index contributed by atoms with van der Waals surface area (Å²) >= 11 is 1.48. The number of phenols is 1. The van der Waals surface area contributed by atoms with Crippen molar-refractivity contribution in [3.8, 4) is 5.75 Å². The molecule has 0 bridgehead atoms. The molecule has 6 nitrogen and oxygen atoms in total. The van der Waals surface area contributed by atoms with Crippen molar-refractivity contribution in [2.45, 2.75) is 27.2 Å². The normalized spacial score (nSPS) is 10.9. The number of hydrogen-bond acceptors (Lipinski definition) is 6. The van der Waals surface area contributed by atoms with E-state index in [4.69, 9.17) is 0 Å². The smallest absolute Gasteiger partial charge is 0.230 e. The van der Waals surface area contributed by atoms with Crippen LogP contribution in [0.1, 0.15) is 21.7 Å². The molecule has 152 valence electrons. The standard InChI is InChI=1S/C23H22N4O2S/c1-13-4-6-17(28)12-21(13)26-20-8-9-24-19-7-5-16(10-18(19)20)11-22(29)27-23-25-14(2)15(3)30-23/h4-10,12,28H,11H2,1-3H3,(H,24,26)(H,25,27,29). The summed E-state index contributed by atoms with van der Waals surface area (Å²) in [5.74, 6) is 0.0943. The Hall–Kier alpha value is -3.45. The maximum Gasteiger partial charge on any atom is 0.230 e. The summed E-state index contributed by atoms with van der Waals surface area (Å²) in [5.41, 5.74) is 5.34. The molecule has 0 unspecified atom stereocenters. The van der Waals surface area contributed by atoms with Gasteiger partial charge >= 0.3 is 0 Å². The predicted molar refractivity (Wildman–Crippen MR) is 122 cm³/mol. The minimum atomic E-state index is -0.106. The molecule has 3 N–H and O–H groups in total. The average molecular weight is 419 g/mol. The number of nitrogens with zero attached hydrogens (tertiary/aromatic N) is 2. The van der Waals surface area contributed by atoms with Gasteiger partial charge in [-0.25, -0.2) is 4.98 Å². The molecule has 0 aliphatic carbocycles. The Kier molecular flexibility index (Phi) is 5.37. The Labute approximate surface area is 178 Å². The van der Waals surface area contributed by atoms with Crippen LogP contribution in [-0.2, 0) is 11.2 Å². The molecule has 0 aliphatic rings. The van der Waals surface area contributed by atoms with Gasteiger partial charge < -0.3 is 15.7 Å². The van der Waals surface area contributed by atoms with Crippen molar-refractivity contribution in [1.29, 1.82) is 0 Å². The molecule has 2 aromatic carbocycles. The second-order valence-corrected chi connectivity index (χ2v) is 8.42. The number of carbonyl (C=O) groups is 1. The Morgan fingerprint density at radius 1 is 1.07 bits per heavy atom. The Morgan fingerprint density at radius 2 is 1.90 bits per heavy atom. The summed E-state index contributed by atoms with van der Waals surface area (Å²) in [6.07, 6.45) is 1.98. The molecule has 0 radical (unpaired) electrons. The van der Waals surface area contributed by atoms with E-state index in [1.165, 1.54) is 11.3 Å². The van der Waals surface area contributed by atoms with Gasteiger partial charge in [-0.3, -0.25) is 9.78 Å². The van der Waals surface area contributed by atoms with Gasteiger partial charge in [0.25, 0.3) is 0 Å². The zero-order chi connectivity index (χ0) is 21.3. The highest BCUT2D eigenvalue weighted by atomic mass is 32.1. The minimum Gasteiger partial charge on any atom is -0.508 e. The molecule has 30 heavy (non-hydrogen) atoms. The maximum atomic E-state index is 12.5. The van der Waals surface area contributed by atoms with Crippen LogP contribution >= 0.6 is 11.3 Å². The molecule has 0 saturated heterocycles. The first-order chi connectivity index (χ1) is 14.4. The number of thiazole rings is 1. The summed E-state index contributed by atoms with van der Waals surface area (Å²) in [7, 11) is 0. The van der Waals surface area contributed by atoms with E-state index in [-0.39, 0.29) is 18.1 Å². The lowest BCUT2D eigenvalue weighted by Gasteiger charge is -2.13. The van der Waals surface area contributed by atoms with Gasteiger partial charge in [0, 0.05) is 33.9 Å². The highest BCUT2D eigenvalue weighted by molar-refractivity contribution is 7.15. The van der Waals surface area contributed by atoms with Gasteiger partial charge in [-0.1, -0.05) is 12.1 Å². The molecule has 2 heterocycles. The van der Waals surface area contributed by atoms with Crippen molar-refractivity contribution >= 4 is 44.7 Å². The molecule has 0 fully saturated rings. The lowest BCUT2D eigenvalue weighted by molar-refractivity contribution is -0.115. The number of hydrogen-bond donors (Lipinski definition) is 3. The molecule has 1 amide bonds. The molecule has 4 rings (SSSR count). The average Bonchev–Trinajstić information content (AvgIpc) is 3.02. The van der Waals surface area contributed by atoms with E-state index in [0.717, 1.165) is 44.0 Å². The summed E-state index contributed by atoms with van der Waals surface area (Å²) in [4.78, 5) is 22.4. The Morgan fingerprint density at radius 3 is 2.67 bits per heavy atom. The summed E-state index contributed by atoms with van der Waals surface area (Å²) in [6, 6.07) is 12.9. The highest BCUT2D eigenvalue weighted by Crippen LogP contribution is 2.29. The summed E-state index contributed by atoms with van der Waals surface area (Å²) in [5, 5.41) is 17.6. The number of phenolic OH excluding ortho intramolecular Hbond substituents is 1. The van der Waals surface area contributed by atoms with Crippen molar-refractivity contribution in [3.63, 3.8) is 0 Å². The molecule has 0 saturated carbocycles. The van der Waals surface area contributed by atoms with Gasteiger partial charge in [0.2, 0.25) is 5.91 Å². The predicted octanol–water partition coefficient (Wildman–Crippen LogP) is 5.25. The van der Waals surface area contributed by atoms with Crippen molar-refractivity contribution in [2.75, 3.05) is 10.6 Å². The van der Waals surface area contributed by atoms with Crippen molar-refractivity contribution in [3.05, 3.63) is 70.4 Å². The number of amides is 1. The van der Waals surface area contributed by atoms with Crippen LogP contribution in [0.5, 0.6) is 5.75 Å². The Balaban J connectivity index is 1.59. The van der Waals surface area contributed by atoms with Gasteiger partial charge in [0.15, 0.2) is 5.13 Å². The fraction of sp³-hybridized carbons (Fsp3) is 0.174. The first-order valence-electron chi connectivity index (χ1n) is 9.57. The SMILES string of the molecule is Cc1ccc(O)cc1Nc1ccnc2ccc(CC(=O)Nc3nc(C)c(C)s3)cc12. The summed E-state index contributed by atoms with van der Waals surface area (Å²) in [6.45, 7) is 5.89. The van der Waals surface area contributed by atoms with Crippen LogP contribution in [0.2, 0.25) is 0 Å². The van der Waals surface area contributed by atoms with E-state index in [2.05, 4.69) is 20.6 Å². The topological polar surface area (TPSA) is 87.1 Å². The van der Waals surface area contributed by atoms with Crippen LogP contribution in [-0.4, -0.2) is 21.0 Å². The van der Waals surface area contributed by atoms with Crippen molar-refractivity contribution < 1.29 is 9.90 Å². The number of rotatable bonds is 5.